The van der Waals surface area contributed by atoms with Gasteiger partial charge in [0.2, 0.25) is 11.8 Å². The van der Waals surface area contributed by atoms with Gasteiger partial charge in [-0.1, -0.05) is 42.5 Å². The van der Waals surface area contributed by atoms with Gasteiger partial charge in [-0.05, 0) is 48.1 Å². The molecule has 4 unspecified atom stereocenters. The minimum Gasteiger partial charge on any atom is -0.480 e. The van der Waals surface area contributed by atoms with Crippen molar-refractivity contribution >= 4 is 40.4 Å². The van der Waals surface area contributed by atoms with E-state index in [0.29, 0.717) is 13.0 Å². The van der Waals surface area contributed by atoms with Gasteiger partial charge < -0.3 is 10.1 Å². The van der Waals surface area contributed by atoms with E-state index in [9.17, 15) is 19.5 Å². The first-order valence-electron chi connectivity index (χ1n) is 11.8. The maximum atomic E-state index is 13.8. The molecule has 2 saturated heterocycles. The van der Waals surface area contributed by atoms with Crippen LogP contribution in [0.25, 0.3) is 10.9 Å². The van der Waals surface area contributed by atoms with Gasteiger partial charge in [0, 0.05) is 36.1 Å². The third-order valence-corrected chi connectivity index (χ3v) is 8.22. The smallest absolute Gasteiger partial charge is 0.325 e. The van der Waals surface area contributed by atoms with Crippen molar-refractivity contribution < 1.29 is 19.5 Å². The van der Waals surface area contributed by atoms with E-state index in [1.807, 2.05) is 67.9 Å². The Morgan fingerprint density at radius 1 is 1.11 bits per heavy atom. The monoisotopic (exact) mass is 491 g/mol. The number of para-hydroxylation sites is 1. The number of H-pyrrole nitrogens is 1. The Morgan fingerprint density at radius 3 is 2.60 bits per heavy atom. The number of rotatable bonds is 8. The highest BCUT2D eigenvalue weighted by Crippen LogP contribution is 2.50. The third kappa shape index (κ3) is 3.76. The van der Waals surface area contributed by atoms with Crippen molar-refractivity contribution in [3.8, 4) is 0 Å². The van der Waals surface area contributed by atoms with Crippen LogP contribution in [0.15, 0.2) is 54.7 Å². The first kappa shape index (κ1) is 23.6. The van der Waals surface area contributed by atoms with Crippen LogP contribution in [0.3, 0.4) is 0 Å². The van der Waals surface area contributed by atoms with Crippen molar-refractivity contribution in [1.82, 2.24) is 15.2 Å². The average Bonchev–Trinajstić information content (AvgIpc) is 3.48. The van der Waals surface area contributed by atoms with Crippen molar-refractivity contribution in [3.63, 3.8) is 0 Å². The highest BCUT2D eigenvalue weighted by Gasteiger charge is 2.68. The van der Waals surface area contributed by atoms with Gasteiger partial charge in [0.25, 0.3) is 0 Å². The van der Waals surface area contributed by atoms with E-state index in [1.165, 1.54) is 4.90 Å². The molecule has 0 saturated carbocycles. The summed E-state index contributed by atoms with van der Waals surface area (Å²) < 4.78 is 0. The molecular weight excluding hydrogens is 462 g/mol. The number of imide groups is 1. The molecule has 0 bridgehead atoms. The fourth-order valence-corrected chi connectivity index (χ4v) is 6.28. The Morgan fingerprint density at radius 2 is 1.86 bits per heavy atom. The molecule has 2 amide bonds. The second-order valence-electron chi connectivity index (χ2n) is 9.47. The number of hydrogen-bond acceptors (Lipinski definition) is 5. The number of thioether (sulfide) groups is 1. The Labute approximate surface area is 208 Å². The minimum atomic E-state index is -1.61. The first-order chi connectivity index (χ1) is 16.9. The fraction of sp³-hybridized carbons (Fsp3) is 0.370. The molecule has 2 aliphatic rings. The van der Waals surface area contributed by atoms with Gasteiger partial charge in [0.05, 0.1) is 11.8 Å². The molecule has 7 nitrogen and oxygen atoms in total. The number of aryl methyl sites for hydroxylation is 1. The van der Waals surface area contributed by atoms with Crippen LogP contribution in [0.5, 0.6) is 0 Å². The summed E-state index contributed by atoms with van der Waals surface area (Å²) in [6, 6.07) is 14.8. The molecule has 3 heterocycles. The number of likely N-dealkylation sites (tertiary alicyclic amines) is 1. The Balaban J connectivity index is 1.62. The molecule has 0 radical (unpaired) electrons. The number of fused-ring (bicyclic) bond motifs is 2. The van der Waals surface area contributed by atoms with Crippen molar-refractivity contribution in [2.75, 3.05) is 18.6 Å². The lowest BCUT2D eigenvalue weighted by atomic mass is 9.76. The van der Waals surface area contributed by atoms with E-state index in [-0.39, 0.29) is 18.2 Å². The molecule has 3 aromatic rings. The highest BCUT2D eigenvalue weighted by molar-refractivity contribution is 7.98. The van der Waals surface area contributed by atoms with Gasteiger partial charge >= 0.3 is 5.97 Å². The van der Waals surface area contributed by atoms with Crippen LogP contribution in [-0.2, 0) is 20.8 Å². The molecule has 8 heteroatoms. The number of hydrogen-bond donors (Lipinski definition) is 3. The topological polar surface area (TPSA) is 102 Å². The zero-order valence-corrected chi connectivity index (χ0v) is 20.6. The minimum absolute atomic E-state index is 0.0908. The van der Waals surface area contributed by atoms with Crippen LogP contribution >= 0.6 is 11.8 Å². The lowest BCUT2D eigenvalue weighted by Gasteiger charge is -2.31. The van der Waals surface area contributed by atoms with Crippen LogP contribution in [-0.4, -0.2) is 56.9 Å². The van der Waals surface area contributed by atoms with E-state index < -0.39 is 29.4 Å². The number of aliphatic carboxylic acids is 1. The van der Waals surface area contributed by atoms with E-state index in [1.54, 1.807) is 11.8 Å². The van der Waals surface area contributed by atoms with Crippen LogP contribution in [0.1, 0.15) is 29.2 Å². The van der Waals surface area contributed by atoms with Crippen LogP contribution in [0, 0.1) is 18.8 Å². The number of aromatic nitrogens is 1. The predicted octanol–water partition coefficient (Wildman–Crippen LogP) is 3.54. The standard InChI is InChI=1S/C27H29N3O4S/c1-16-8-3-4-9-18(16)23-21-22(25(32)30(24(21)31)12-7-13-35-2)27(29-23,26(33)34)14-17-15-28-20-11-6-5-10-19(17)20/h3-6,8-11,15,21-23,28-29H,7,12-14H2,1-2H3,(H,33,34). The molecule has 1 aromatic heterocycles. The number of carbonyl (C=O) groups is 3. The molecule has 182 valence electrons. The number of carbonyl (C=O) groups excluding carboxylic acids is 2. The second-order valence-corrected chi connectivity index (χ2v) is 10.5. The number of nitrogens with zero attached hydrogens (tertiary/aromatic N) is 1. The summed E-state index contributed by atoms with van der Waals surface area (Å²) in [5, 5.41) is 14.9. The van der Waals surface area contributed by atoms with Gasteiger partial charge in [-0.25, -0.2) is 0 Å². The maximum absolute atomic E-state index is 13.8. The van der Waals surface area contributed by atoms with Crippen LogP contribution in [0.4, 0.5) is 0 Å². The zero-order chi connectivity index (χ0) is 24.7. The number of nitrogens with one attached hydrogen (secondary N) is 2. The largest absolute Gasteiger partial charge is 0.480 e. The van der Waals surface area contributed by atoms with Gasteiger partial charge in [-0.15, -0.1) is 0 Å². The number of carboxylic acid groups (broad SMARTS) is 1. The van der Waals surface area contributed by atoms with Crippen LogP contribution < -0.4 is 5.32 Å². The normalized spacial score (nSPS) is 26.0. The lowest BCUT2D eigenvalue weighted by molar-refractivity contribution is -0.151. The summed E-state index contributed by atoms with van der Waals surface area (Å²) in [5.41, 5.74) is 1.92. The second kappa shape index (κ2) is 9.17. The van der Waals surface area contributed by atoms with E-state index in [2.05, 4.69) is 10.3 Å². The summed E-state index contributed by atoms with van der Waals surface area (Å²) in [7, 11) is 0. The summed E-state index contributed by atoms with van der Waals surface area (Å²) in [5.74, 6) is -2.69. The zero-order valence-electron chi connectivity index (χ0n) is 19.8. The Hall–Kier alpha value is -3.10. The lowest BCUT2D eigenvalue weighted by Crippen LogP contribution is -2.57. The number of benzene rings is 2. The van der Waals surface area contributed by atoms with Crippen LogP contribution in [0.2, 0.25) is 0 Å². The van der Waals surface area contributed by atoms with Gasteiger partial charge in [-0.3, -0.25) is 24.6 Å². The number of amides is 2. The summed E-state index contributed by atoms with van der Waals surface area (Å²) in [6.07, 6.45) is 4.57. The maximum Gasteiger partial charge on any atom is 0.325 e. The van der Waals surface area contributed by atoms with E-state index in [0.717, 1.165) is 33.3 Å². The first-order valence-corrected chi connectivity index (χ1v) is 13.2. The van der Waals surface area contributed by atoms with E-state index in [4.69, 9.17) is 0 Å². The SMILES string of the molecule is CSCCCN1C(=O)C2C(c3ccccc3C)NC(Cc3c[nH]c4ccccc34)(C(=O)O)C2C1=O. The Bertz CT molecular complexity index is 1300. The third-order valence-electron chi connectivity index (χ3n) is 7.53. The van der Waals surface area contributed by atoms with Crippen molar-refractivity contribution in [2.24, 2.45) is 11.8 Å². The van der Waals surface area contributed by atoms with Crippen molar-refractivity contribution in [3.05, 3.63) is 71.4 Å². The molecule has 4 atom stereocenters. The van der Waals surface area contributed by atoms with Gasteiger partial charge in [0.15, 0.2) is 0 Å². The number of aromatic amines is 1. The van der Waals surface area contributed by atoms with E-state index >= 15 is 0 Å². The molecule has 3 N–H and O–H groups in total. The van der Waals surface area contributed by atoms with Crippen molar-refractivity contribution in [1.29, 1.82) is 0 Å². The molecule has 2 aliphatic heterocycles. The molecule has 2 fully saturated rings. The van der Waals surface area contributed by atoms with Gasteiger partial charge in [-0.2, -0.15) is 11.8 Å². The Kier molecular flexibility index (Phi) is 6.19. The fourth-order valence-electron chi connectivity index (χ4n) is 5.87. The molecule has 0 spiro atoms. The number of carboxylic acids is 1. The molecular formula is C27H29N3O4S. The summed E-state index contributed by atoms with van der Waals surface area (Å²) in [4.78, 5) is 45.0. The summed E-state index contributed by atoms with van der Waals surface area (Å²) >= 11 is 1.66. The molecule has 2 aromatic carbocycles. The quantitative estimate of drug-likeness (QED) is 0.329. The van der Waals surface area contributed by atoms with Crippen molar-refractivity contribution in [2.45, 2.75) is 31.3 Å². The molecule has 35 heavy (non-hydrogen) atoms. The molecule has 5 rings (SSSR count). The summed E-state index contributed by atoms with van der Waals surface area (Å²) in [6.45, 7) is 2.26. The van der Waals surface area contributed by atoms with Gasteiger partial charge in [0.1, 0.15) is 5.54 Å². The predicted molar refractivity (Wildman–Crippen MR) is 136 cm³/mol. The average molecular weight is 492 g/mol. The molecule has 0 aliphatic carbocycles. The highest BCUT2D eigenvalue weighted by atomic mass is 32.2.